The van der Waals surface area contributed by atoms with Crippen molar-refractivity contribution in [2.45, 2.75) is 375 Å². The van der Waals surface area contributed by atoms with E-state index in [1.807, 2.05) is 0 Å². The molecule has 0 rings (SSSR count). The standard InChI is InChI=1S/C72H140O17P2/c1-9-65(8)51-43-35-30-31-39-47-55-72(77)89-68(59-82-69(74)52-44-36-27-21-16-14-12-10-11-13-15-19-24-32-40-48-62(2)3)61-87-91(80,81)85-57-66(73)56-84-90(78,79)86-60-67(58-83-70(75)53-45-37-29-23-26-34-42-50-64(6)7)88-71(76)54-46-38-28-22-18-17-20-25-33-41-49-63(4)5/h62-68,73H,9-61H2,1-8H3,(H,78,79)(H,80,81)/t65?,66?,67-,68-/m1/s1. The van der Waals surface area contributed by atoms with Gasteiger partial charge < -0.3 is 33.8 Å². The van der Waals surface area contributed by atoms with Crippen molar-refractivity contribution in [1.29, 1.82) is 0 Å². The Bertz CT molecular complexity index is 1800. The first-order valence-electron chi connectivity index (χ1n) is 37.2. The third-order valence-corrected chi connectivity index (χ3v) is 18.8. The van der Waals surface area contributed by atoms with E-state index in [4.69, 9.17) is 37.0 Å². The minimum absolute atomic E-state index is 0.103. The summed E-state index contributed by atoms with van der Waals surface area (Å²) >= 11 is 0. The molecule has 91 heavy (non-hydrogen) atoms. The molecule has 3 N–H and O–H groups in total. The van der Waals surface area contributed by atoms with E-state index in [1.54, 1.807) is 0 Å². The van der Waals surface area contributed by atoms with Gasteiger partial charge in [0.1, 0.15) is 19.3 Å². The van der Waals surface area contributed by atoms with Crippen LogP contribution in [0.15, 0.2) is 0 Å². The molecule has 0 aromatic heterocycles. The maximum absolute atomic E-state index is 13.0. The van der Waals surface area contributed by atoms with Gasteiger partial charge in [-0.15, -0.1) is 0 Å². The zero-order valence-electron chi connectivity index (χ0n) is 59.5. The van der Waals surface area contributed by atoms with Crippen LogP contribution in [0.1, 0.15) is 357 Å². The fourth-order valence-electron chi connectivity index (χ4n) is 10.8. The fraction of sp³-hybridized carbons (Fsp3) is 0.944. The van der Waals surface area contributed by atoms with E-state index in [-0.39, 0.29) is 25.7 Å². The molecule has 0 aliphatic carbocycles. The average molecular weight is 1340 g/mol. The highest BCUT2D eigenvalue weighted by molar-refractivity contribution is 7.47. The third-order valence-electron chi connectivity index (χ3n) is 16.9. The van der Waals surface area contributed by atoms with Gasteiger partial charge in [-0.1, -0.05) is 306 Å². The van der Waals surface area contributed by atoms with Crippen molar-refractivity contribution in [2.24, 2.45) is 23.7 Å². The van der Waals surface area contributed by atoms with E-state index in [2.05, 4.69) is 55.4 Å². The van der Waals surface area contributed by atoms with Crippen molar-refractivity contribution >= 4 is 39.5 Å². The maximum Gasteiger partial charge on any atom is 0.472 e. The molecule has 0 bridgehead atoms. The predicted octanol–water partition coefficient (Wildman–Crippen LogP) is 20.5. The Morgan fingerprint density at radius 3 is 0.780 bits per heavy atom. The van der Waals surface area contributed by atoms with Crippen molar-refractivity contribution in [1.82, 2.24) is 0 Å². The molecule has 540 valence electrons. The Balaban J connectivity index is 5.20. The second-order valence-corrected chi connectivity index (χ2v) is 30.6. The summed E-state index contributed by atoms with van der Waals surface area (Å²) in [6, 6.07) is 0. The van der Waals surface area contributed by atoms with Crippen LogP contribution < -0.4 is 0 Å². The number of hydrogen-bond acceptors (Lipinski definition) is 15. The van der Waals surface area contributed by atoms with E-state index in [0.717, 1.165) is 114 Å². The van der Waals surface area contributed by atoms with Crippen LogP contribution in [0, 0.1) is 23.7 Å². The van der Waals surface area contributed by atoms with Crippen LogP contribution in [0.2, 0.25) is 0 Å². The molecule has 17 nitrogen and oxygen atoms in total. The number of hydrogen-bond donors (Lipinski definition) is 3. The highest BCUT2D eigenvalue weighted by Gasteiger charge is 2.30. The van der Waals surface area contributed by atoms with Gasteiger partial charge in [0.25, 0.3) is 0 Å². The molecule has 0 saturated carbocycles. The molecule has 4 unspecified atom stereocenters. The quantitative estimate of drug-likeness (QED) is 0.0222. The molecule has 0 aliphatic heterocycles. The molecule has 0 fully saturated rings. The molecule has 0 aliphatic rings. The maximum atomic E-state index is 13.0. The minimum atomic E-state index is -4.95. The number of carbonyl (C=O) groups is 4. The molecular formula is C72H140O17P2. The van der Waals surface area contributed by atoms with Crippen molar-refractivity contribution in [3.63, 3.8) is 0 Å². The Morgan fingerprint density at radius 1 is 0.308 bits per heavy atom. The van der Waals surface area contributed by atoms with Crippen LogP contribution in [0.3, 0.4) is 0 Å². The highest BCUT2D eigenvalue weighted by Crippen LogP contribution is 2.45. The molecule has 0 aromatic carbocycles. The third kappa shape index (κ3) is 65.1. The number of phosphoric ester groups is 2. The van der Waals surface area contributed by atoms with Crippen LogP contribution in [-0.4, -0.2) is 96.7 Å². The number of phosphoric acid groups is 2. The summed E-state index contributed by atoms with van der Waals surface area (Å²) in [5.41, 5.74) is 0. The van der Waals surface area contributed by atoms with Crippen LogP contribution in [0.5, 0.6) is 0 Å². The molecule has 19 heteroatoms. The largest absolute Gasteiger partial charge is 0.472 e. The van der Waals surface area contributed by atoms with Gasteiger partial charge in [0.15, 0.2) is 12.2 Å². The first kappa shape index (κ1) is 89.1. The van der Waals surface area contributed by atoms with Crippen LogP contribution in [-0.2, 0) is 65.4 Å². The van der Waals surface area contributed by atoms with E-state index < -0.39 is 97.5 Å². The number of ether oxygens (including phenoxy) is 4. The van der Waals surface area contributed by atoms with E-state index >= 15 is 0 Å². The summed E-state index contributed by atoms with van der Waals surface area (Å²) < 4.78 is 68.3. The zero-order chi connectivity index (χ0) is 67.5. The van der Waals surface area contributed by atoms with Crippen molar-refractivity contribution in [3.8, 4) is 0 Å². The van der Waals surface area contributed by atoms with Crippen molar-refractivity contribution < 1.29 is 80.2 Å². The second kappa shape index (κ2) is 61.6. The summed E-state index contributed by atoms with van der Waals surface area (Å²) in [6.45, 7) is 14.1. The molecule has 0 aromatic rings. The van der Waals surface area contributed by atoms with Crippen LogP contribution in [0.4, 0.5) is 0 Å². The number of aliphatic hydroxyl groups excluding tert-OH is 1. The molecule has 0 saturated heterocycles. The summed E-state index contributed by atoms with van der Waals surface area (Å²) in [6.07, 6.45) is 44.6. The van der Waals surface area contributed by atoms with Crippen molar-refractivity contribution in [2.75, 3.05) is 39.6 Å². The fourth-order valence-corrected chi connectivity index (χ4v) is 12.4. The predicted molar refractivity (Wildman–Crippen MR) is 367 cm³/mol. The monoisotopic (exact) mass is 1340 g/mol. The van der Waals surface area contributed by atoms with Gasteiger partial charge in [-0.3, -0.25) is 37.3 Å². The normalized spacial score (nSPS) is 14.5. The minimum Gasteiger partial charge on any atom is -0.462 e. The van der Waals surface area contributed by atoms with Crippen LogP contribution >= 0.6 is 15.6 Å². The van der Waals surface area contributed by atoms with Gasteiger partial charge in [0.2, 0.25) is 0 Å². The summed E-state index contributed by atoms with van der Waals surface area (Å²) in [7, 11) is -9.90. The second-order valence-electron chi connectivity index (χ2n) is 27.6. The number of unbranched alkanes of at least 4 members (excludes halogenated alkanes) is 34. The van der Waals surface area contributed by atoms with Crippen molar-refractivity contribution in [3.05, 3.63) is 0 Å². The Labute approximate surface area is 556 Å². The molecule has 0 heterocycles. The molecule has 0 amide bonds. The summed E-state index contributed by atoms with van der Waals surface area (Å²) in [5, 5.41) is 10.6. The van der Waals surface area contributed by atoms with Gasteiger partial charge in [-0.05, 0) is 49.4 Å². The first-order chi connectivity index (χ1) is 43.6. The molecule has 6 atom stereocenters. The molecule has 0 radical (unpaired) electrons. The van der Waals surface area contributed by atoms with E-state index in [9.17, 15) is 43.2 Å². The smallest absolute Gasteiger partial charge is 0.462 e. The highest BCUT2D eigenvalue weighted by atomic mass is 31.2. The Hall–Kier alpha value is -1.94. The Kier molecular flexibility index (Phi) is 60.3. The number of aliphatic hydroxyl groups is 1. The average Bonchev–Trinajstić information content (AvgIpc) is 3.63. The van der Waals surface area contributed by atoms with Gasteiger partial charge in [-0.2, -0.15) is 0 Å². The SMILES string of the molecule is CCC(C)CCCCCCCCC(=O)O[C@H](COC(=O)CCCCCCCCCCCCCCCCCC(C)C)COP(=O)(O)OCC(O)COP(=O)(O)OC[C@@H](COC(=O)CCCCCCCCCC(C)C)OC(=O)CCCCCCCCCCCCC(C)C. The van der Waals surface area contributed by atoms with E-state index in [1.165, 1.54) is 154 Å². The van der Waals surface area contributed by atoms with Gasteiger partial charge >= 0.3 is 39.5 Å². The topological polar surface area (TPSA) is 237 Å². The number of rotatable bonds is 69. The molecular weight excluding hydrogens is 1200 g/mol. The number of esters is 4. The van der Waals surface area contributed by atoms with Crippen LogP contribution in [0.25, 0.3) is 0 Å². The number of carbonyl (C=O) groups excluding carboxylic acids is 4. The lowest BCUT2D eigenvalue weighted by Crippen LogP contribution is -2.30. The van der Waals surface area contributed by atoms with Gasteiger partial charge in [0.05, 0.1) is 26.4 Å². The first-order valence-corrected chi connectivity index (χ1v) is 40.2. The lowest BCUT2D eigenvalue weighted by Gasteiger charge is -2.21. The Morgan fingerprint density at radius 2 is 0.527 bits per heavy atom. The van der Waals surface area contributed by atoms with Gasteiger partial charge in [0, 0.05) is 25.7 Å². The lowest BCUT2D eigenvalue weighted by molar-refractivity contribution is -0.161. The van der Waals surface area contributed by atoms with E-state index in [0.29, 0.717) is 31.6 Å². The zero-order valence-corrected chi connectivity index (χ0v) is 61.3. The lowest BCUT2D eigenvalue weighted by atomic mass is 10.00. The summed E-state index contributed by atoms with van der Waals surface area (Å²) in [5.74, 6) is 0.853. The van der Waals surface area contributed by atoms with Gasteiger partial charge in [-0.25, -0.2) is 9.13 Å². The summed E-state index contributed by atoms with van der Waals surface area (Å²) in [4.78, 5) is 72.6. The molecule has 0 spiro atoms.